The molecule has 11 heteroatoms. The molecule has 0 spiro atoms. The molecule has 0 aromatic carbocycles. The summed E-state index contributed by atoms with van der Waals surface area (Å²) in [6, 6.07) is 0. The molecule has 0 amide bonds. The van der Waals surface area contributed by atoms with Crippen molar-refractivity contribution >= 4 is 10.1 Å². The Balaban J connectivity index is 4.25. The average Bonchev–Trinajstić information content (AvgIpc) is 2.16. The van der Waals surface area contributed by atoms with Crippen molar-refractivity contribution in [3.63, 3.8) is 0 Å². The smallest absolute Gasteiger partial charge is 0.198 e. The number of hydrogen-bond donors (Lipinski definition) is 0. The van der Waals surface area contributed by atoms with E-state index in [1.54, 1.807) is 0 Å². The summed E-state index contributed by atoms with van der Waals surface area (Å²) in [5, 5.41) is 7.52. The molecule has 0 aliphatic carbocycles. The van der Waals surface area contributed by atoms with E-state index < -0.39 is 10.1 Å². The summed E-state index contributed by atoms with van der Waals surface area (Å²) in [4.78, 5) is 5.02. The number of azide groups is 2. The minimum atomic E-state index is -3.64. The van der Waals surface area contributed by atoms with E-state index in [0.29, 0.717) is 0 Å². The van der Waals surface area contributed by atoms with Gasteiger partial charge in [0.15, 0.2) is 0 Å². The second-order valence-electron chi connectivity index (χ2n) is 2.62. The van der Waals surface area contributed by atoms with Gasteiger partial charge in [0.25, 0.3) is 10.1 Å². The lowest BCUT2D eigenvalue weighted by atomic mass is 10.5. The average molecular weight is 249 g/mol. The van der Waals surface area contributed by atoms with Crippen molar-refractivity contribution in [1.29, 1.82) is 0 Å². The number of hydroxylamine groups is 2. The quantitative estimate of drug-likeness (QED) is 0.271. The third-order valence-corrected chi connectivity index (χ3v) is 1.75. The van der Waals surface area contributed by atoms with Gasteiger partial charge < -0.3 is 0 Å². The second-order valence-corrected chi connectivity index (χ2v) is 4.17. The maximum atomic E-state index is 10.8. The highest BCUT2D eigenvalue weighted by molar-refractivity contribution is 7.85. The van der Waals surface area contributed by atoms with Gasteiger partial charge in [-0.1, -0.05) is 10.2 Å². The van der Waals surface area contributed by atoms with Crippen molar-refractivity contribution in [1.82, 2.24) is 5.06 Å². The van der Waals surface area contributed by atoms with Crippen LogP contribution in [0.25, 0.3) is 20.9 Å². The van der Waals surface area contributed by atoms with E-state index >= 15 is 0 Å². The summed E-state index contributed by atoms with van der Waals surface area (Å²) in [6.45, 7) is 0.306. The van der Waals surface area contributed by atoms with Crippen LogP contribution in [0, 0.1) is 0 Å². The molecule has 10 nitrogen and oxygen atoms in total. The Hall–Kier alpha value is -1.51. The molecule has 0 fully saturated rings. The fourth-order valence-corrected chi connectivity index (χ4v) is 1.31. The summed E-state index contributed by atoms with van der Waals surface area (Å²) < 4.78 is 26.2. The molecular weight excluding hydrogens is 238 g/mol. The van der Waals surface area contributed by atoms with E-state index in [1.165, 1.54) is 0 Å². The molecule has 0 aliphatic rings. The predicted octanol–water partition coefficient (Wildman–Crippen LogP) is 0.800. The predicted molar refractivity (Wildman–Crippen MR) is 55.5 cm³/mol. The molecule has 0 radical (unpaired) electrons. The molecule has 0 saturated carbocycles. The molecule has 0 saturated heterocycles. The molecule has 0 bridgehead atoms. The fraction of sp³-hybridized carbons (Fsp3) is 1.00. The van der Waals surface area contributed by atoms with Crippen molar-refractivity contribution in [2.45, 2.75) is 0 Å². The molecule has 0 aromatic rings. The second kappa shape index (κ2) is 7.74. The zero-order chi connectivity index (χ0) is 12.4. The van der Waals surface area contributed by atoms with Gasteiger partial charge in [0.05, 0.1) is 6.26 Å². The first-order valence-electron chi connectivity index (χ1n) is 4.16. The van der Waals surface area contributed by atoms with Crippen LogP contribution in [0.5, 0.6) is 0 Å². The van der Waals surface area contributed by atoms with Gasteiger partial charge >= 0.3 is 0 Å². The van der Waals surface area contributed by atoms with Gasteiger partial charge in [0.1, 0.15) is 0 Å². The molecule has 0 N–H and O–H groups in total. The first kappa shape index (κ1) is 14.5. The summed E-state index contributed by atoms with van der Waals surface area (Å²) >= 11 is 0. The van der Waals surface area contributed by atoms with Crippen LogP contribution in [0.15, 0.2) is 10.2 Å². The number of rotatable bonds is 8. The highest BCUT2D eigenvalue weighted by atomic mass is 32.2. The van der Waals surface area contributed by atoms with Crippen molar-refractivity contribution in [2.24, 2.45) is 10.2 Å². The molecular formula is C5H11N7O3S. The van der Waals surface area contributed by atoms with Crippen LogP contribution >= 0.6 is 0 Å². The first-order chi connectivity index (χ1) is 7.49. The van der Waals surface area contributed by atoms with Crippen LogP contribution in [0.2, 0.25) is 0 Å². The molecule has 0 aliphatic heterocycles. The molecule has 90 valence electrons. The van der Waals surface area contributed by atoms with E-state index in [1.807, 2.05) is 0 Å². The van der Waals surface area contributed by atoms with Crippen molar-refractivity contribution in [3.05, 3.63) is 20.9 Å². The van der Waals surface area contributed by atoms with E-state index in [0.717, 1.165) is 11.3 Å². The van der Waals surface area contributed by atoms with Crippen molar-refractivity contribution in [3.8, 4) is 0 Å². The Morgan fingerprint density at radius 1 is 1.19 bits per heavy atom. The van der Waals surface area contributed by atoms with E-state index in [4.69, 9.17) is 11.1 Å². The molecule has 0 aromatic heterocycles. The van der Waals surface area contributed by atoms with Crippen LogP contribution in [-0.2, 0) is 14.4 Å². The zero-order valence-corrected chi connectivity index (χ0v) is 9.41. The lowest BCUT2D eigenvalue weighted by Gasteiger charge is -2.17. The van der Waals surface area contributed by atoms with Crippen LogP contribution in [0.3, 0.4) is 0 Å². The lowest BCUT2D eigenvalue weighted by Crippen LogP contribution is -2.31. The molecule has 0 rings (SSSR count). The van der Waals surface area contributed by atoms with Gasteiger partial charge in [-0.2, -0.15) is 17.8 Å². The maximum Gasteiger partial charge on any atom is 0.280 e. The number of hydrogen-bond acceptors (Lipinski definition) is 6. The van der Waals surface area contributed by atoms with Crippen molar-refractivity contribution < 1.29 is 12.7 Å². The highest BCUT2D eigenvalue weighted by Crippen LogP contribution is 1.97. The van der Waals surface area contributed by atoms with Gasteiger partial charge in [0.2, 0.25) is 0 Å². The fourth-order valence-electron chi connectivity index (χ4n) is 0.780. The van der Waals surface area contributed by atoms with E-state index in [-0.39, 0.29) is 26.2 Å². The highest BCUT2D eigenvalue weighted by Gasteiger charge is 2.11. The van der Waals surface area contributed by atoms with E-state index in [9.17, 15) is 8.42 Å². The van der Waals surface area contributed by atoms with Gasteiger partial charge in [-0.3, -0.25) is 0 Å². The Morgan fingerprint density at radius 3 is 1.94 bits per heavy atom. The molecule has 0 unspecified atom stereocenters. The normalized spacial score (nSPS) is 10.6. The van der Waals surface area contributed by atoms with Gasteiger partial charge in [-0.25, -0.2) is 0 Å². The van der Waals surface area contributed by atoms with Gasteiger partial charge in [-0.15, -0.1) is 0 Å². The Labute approximate surface area is 92.1 Å². The Kier molecular flexibility index (Phi) is 7.01. The third kappa shape index (κ3) is 9.06. The van der Waals surface area contributed by atoms with Crippen LogP contribution in [-0.4, -0.2) is 45.9 Å². The topological polar surface area (TPSA) is 144 Å². The lowest BCUT2D eigenvalue weighted by molar-refractivity contribution is -0.0443. The van der Waals surface area contributed by atoms with Crippen LogP contribution < -0.4 is 0 Å². The molecule has 0 atom stereocenters. The maximum absolute atomic E-state index is 10.8. The third-order valence-electron chi connectivity index (χ3n) is 1.27. The van der Waals surface area contributed by atoms with Crippen molar-refractivity contribution in [2.75, 3.05) is 32.4 Å². The standard InChI is InChI=1S/C5H11N7O3S/c1-16(13,14)15-12(4-2-8-10-6)5-3-9-11-7/h2-5H2,1H3. The Morgan fingerprint density at radius 2 is 1.62 bits per heavy atom. The van der Waals surface area contributed by atoms with Gasteiger partial charge in [-0.05, 0) is 11.1 Å². The summed E-state index contributed by atoms with van der Waals surface area (Å²) in [7, 11) is -3.64. The van der Waals surface area contributed by atoms with Crippen LogP contribution in [0.1, 0.15) is 0 Å². The van der Waals surface area contributed by atoms with E-state index in [2.05, 4.69) is 24.3 Å². The van der Waals surface area contributed by atoms with Crippen LogP contribution in [0.4, 0.5) is 0 Å². The monoisotopic (exact) mass is 249 g/mol. The Bertz CT molecular complexity index is 372. The largest absolute Gasteiger partial charge is 0.280 e. The minimum absolute atomic E-state index is 0.0578. The summed E-state index contributed by atoms with van der Waals surface area (Å²) in [6.07, 6.45) is 0.890. The minimum Gasteiger partial charge on any atom is -0.198 e. The summed E-state index contributed by atoms with van der Waals surface area (Å²) in [5.74, 6) is 0. The molecule has 16 heavy (non-hydrogen) atoms. The number of nitrogens with zero attached hydrogens (tertiary/aromatic N) is 7. The van der Waals surface area contributed by atoms with Gasteiger partial charge in [0, 0.05) is 36.0 Å². The zero-order valence-electron chi connectivity index (χ0n) is 8.59. The SMILES string of the molecule is CS(=O)(=O)ON(CCN=[N+]=[N-])CCN=[N+]=[N-]. The molecule has 0 heterocycles. The summed E-state index contributed by atoms with van der Waals surface area (Å²) in [5.41, 5.74) is 16.1. The first-order valence-corrected chi connectivity index (χ1v) is 5.97.